The van der Waals surface area contributed by atoms with Crippen LogP contribution in [-0.2, 0) is 14.3 Å². The van der Waals surface area contributed by atoms with Crippen LogP contribution >= 0.6 is 0 Å². The van der Waals surface area contributed by atoms with Gasteiger partial charge < -0.3 is 14.4 Å². The molecule has 11 heteroatoms. The third kappa shape index (κ3) is 5.48. The fraction of sp³-hybridized carbons (Fsp3) is 0.467. The van der Waals surface area contributed by atoms with E-state index >= 15 is 0 Å². The summed E-state index contributed by atoms with van der Waals surface area (Å²) in [6.45, 7) is 1.75. The molecule has 0 saturated carbocycles. The Hall–Kier alpha value is -3.08. The molecule has 1 rings (SSSR count). The number of ether oxygens (including phenoxy) is 2. The van der Waals surface area contributed by atoms with E-state index in [1.54, 1.807) is 6.92 Å². The van der Waals surface area contributed by atoms with Gasteiger partial charge in [0.25, 0.3) is 17.3 Å². The van der Waals surface area contributed by atoms with Crippen molar-refractivity contribution in [3.63, 3.8) is 0 Å². The van der Waals surface area contributed by atoms with E-state index in [1.807, 2.05) is 0 Å². The van der Waals surface area contributed by atoms with Crippen molar-refractivity contribution in [1.82, 2.24) is 4.90 Å². The lowest BCUT2D eigenvalue weighted by Crippen LogP contribution is -2.39. The third-order valence-corrected chi connectivity index (χ3v) is 3.52. The van der Waals surface area contributed by atoms with Crippen LogP contribution in [0.1, 0.15) is 17.3 Å². The van der Waals surface area contributed by atoms with Gasteiger partial charge in [-0.25, -0.2) is 0 Å². The summed E-state index contributed by atoms with van der Waals surface area (Å²) < 4.78 is 9.54. The predicted molar refractivity (Wildman–Crippen MR) is 88.7 cm³/mol. The molecule has 0 aliphatic carbocycles. The monoisotopic (exact) mass is 369 g/mol. The molecule has 0 aliphatic heterocycles. The van der Waals surface area contributed by atoms with Gasteiger partial charge in [0.15, 0.2) is 0 Å². The first-order valence-electron chi connectivity index (χ1n) is 7.51. The Labute approximate surface area is 148 Å². The maximum absolute atomic E-state index is 12.7. The zero-order valence-corrected chi connectivity index (χ0v) is 14.5. The molecule has 0 saturated heterocycles. The van der Waals surface area contributed by atoms with Gasteiger partial charge in [-0.15, -0.1) is 0 Å². The van der Waals surface area contributed by atoms with Crippen molar-refractivity contribution >= 4 is 23.3 Å². The average molecular weight is 369 g/mol. The number of nitro groups is 2. The van der Waals surface area contributed by atoms with Crippen LogP contribution in [0.3, 0.4) is 0 Å². The molecule has 11 nitrogen and oxygen atoms in total. The van der Waals surface area contributed by atoms with Crippen LogP contribution in [0.2, 0.25) is 0 Å². The summed E-state index contributed by atoms with van der Waals surface area (Å²) in [4.78, 5) is 45.9. The lowest BCUT2D eigenvalue weighted by molar-refractivity contribution is -0.394. The Morgan fingerprint density at radius 1 is 1.12 bits per heavy atom. The Balaban J connectivity index is 3.22. The molecule has 1 atom stereocenters. The van der Waals surface area contributed by atoms with Crippen LogP contribution in [0.5, 0.6) is 0 Å². The molecule has 0 aromatic heterocycles. The smallest absolute Gasteiger partial charge is 0.310 e. The summed E-state index contributed by atoms with van der Waals surface area (Å²) in [6, 6.07) is 2.68. The summed E-state index contributed by atoms with van der Waals surface area (Å²) in [5.41, 5.74) is -1.37. The van der Waals surface area contributed by atoms with Gasteiger partial charge >= 0.3 is 5.97 Å². The average Bonchev–Trinajstić information content (AvgIpc) is 2.62. The van der Waals surface area contributed by atoms with E-state index in [2.05, 4.69) is 4.74 Å². The number of carbonyl (C=O) groups is 2. The van der Waals surface area contributed by atoms with Crippen LogP contribution in [0.25, 0.3) is 0 Å². The van der Waals surface area contributed by atoms with Crippen molar-refractivity contribution in [2.24, 2.45) is 5.92 Å². The van der Waals surface area contributed by atoms with Gasteiger partial charge in [-0.3, -0.25) is 29.8 Å². The number of benzene rings is 1. The highest BCUT2D eigenvalue weighted by atomic mass is 16.6. The molecule has 1 amide bonds. The highest BCUT2D eigenvalue weighted by molar-refractivity contribution is 5.96. The van der Waals surface area contributed by atoms with Crippen LogP contribution in [0.4, 0.5) is 11.4 Å². The molecular weight excluding hydrogens is 350 g/mol. The topological polar surface area (TPSA) is 142 Å². The van der Waals surface area contributed by atoms with Crippen LogP contribution < -0.4 is 0 Å². The van der Waals surface area contributed by atoms with E-state index in [0.29, 0.717) is 0 Å². The molecular formula is C15H19N3O8. The lowest BCUT2D eigenvalue weighted by atomic mass is 10.1. The Bertz CT molecular complexity index is 674. The summed E-state index contributed by atoms with van der Waals surface area (Å²) in [7, 11) is 2.63. The summed E-state index contributed by atoms with van der Waals surface area (Å²) in [5.74, 6) is -1.88. The molecule has 0 heterocycles. The van der Waals surface area contributed by atoms with Gasteiger partial charge in [-0.2, -0.15) is 0 Å². The molecule has 142 valence electrons. The van der Waals surface area contributed by atoms with Crippen LogP contribution in [-0.4, -0.2) is 60.5 Å². The molecule has 0 N–H and O–H groups in total. The van der Waals surface area contributed by atoms with E-state index in [0.717, 1.165) is 18.2 Å². The SMILES string of the molecule is COCCN(CC(C)C(=O)OC)C(=O)c1cc([N+](=O)[O-])cc([N+](=O)[O-])c1. The van der Waals surface area contributed by atoms with Crippen molar-refractivity contribution in [3.8, 4) is 0 Å². The van der Waals surface area contributed by atoms with E-state index in [9.17, 15) is 29.8 Å². The molecule has 1 unspecified atom stereocenters. The standard InChI is InChI=1S/C15H19N3O8/c1-10(15(20)26-3)9-16(4-5-25-2)14(19)11-6-12(17(21)22)8-13(7-11)18(23)24/h6-8,10H,4-5,9H2,1-3H3. The van der Waals surface area contributed by atoms with Crippen molar-refractivity contribution in [2.75, 3.05) is 33.9 Å². The number of amides is 1. The molecule has 0 radical (unpaired) electrons. The van der Waals surface area contributed by atoms with Gasteiger partial charge in [0.2, 0.25) is 0 Å². The highest BCUT2D eigenvalue weighted by Crippen LogP contribution is 2.24. The molecule has 0 aliphatic rings. The fourth-order valence-electron chi connectivity index (χ4n) is 2.20. The first-order valence-corrected chi connectivity index (χ1v) is 7.51. The second kappa shape index (κ2) is 9.42. The zero-order chi connectivity index (χ0) is 19.9. The number of rotatable bonds is 9. The predicted octanol–water partition coefficient (Wildman–Crippen LogP) is 1.40. The minimum absolute atomic E-state index is 0.0364. The summed E-state index contributed by atoms with van der Waals surface area (Å²) >= 11 is 0. The van der Waals surface area contributed by atoms with Gasteiger partial charge in [-0.1, -0.05) is 6.92 Å². The lowest BCUT2D eigenvalue weighted by Gasteiger charge is -2.24. The maximum Gasteiger partial charge on any atom is 0.310 e. The number of nitro benzene ring substituents is 2. The van der Waals surface area contributed by atoms with Crippen molar-refractivity contribution in [2.45, 2.75) is 6.92 Å². The zero-order valence-electron chi connectivity index (χ0n) is 14.5. The summed E-state index contributed by atoms with van der Waals surface area (Å²) in [6.07, 6.45) is 0. The van der Waals surface area contributed by atoms with E-state index in [-0.39, 0.29) is 25.3 Å². The second-order valence-corrected chi connectivity index (χ2v) is 5.42. The number of esters is 1. The Kier molecular flexibility index (Phi) is 7.59. The molecule has 1 aromatic carbocycles. The van der Waals surface area contributed by atoms with Crippen LogP contribution in [0, 0.1) is 26.1 Å². The van der Waals surface area contributed by atoms with E-state index in [1.165, 1.54) is 19.1 Å². The quantitative estimate of drug-likeness (QED) is 0.361. The van der Waals surface area contributed by atoms with E-state index < -0.39 is 39.0 Å². The van der Waals surface area contributed by atoms with Gasteiger partial charge in [-0.05, 0) is 0 Å². The number of hydrogen-bond donors (Lipinski definition) is 0. The molecule has 0 fully saturated rings. The minimum Gasteiger partial charge on any atom is -0.469 e. The molecule has 0 bridgehead atoms. The number of non-ortho nitro benzene ring substituents is 2. The second-order valence-electron chi connectivity index (χ2n) is 5.42. The maximum atomic E-state index is 12.7. The summed E-state index contributed by atoms with van der Waals surface area (Å²) in [5, 5.41) is 22.0. The van der Waals surface area contributed by atoms with Crippen molar-refractivity contribution in [3.05, 3.63) is 44.0 Å². The van der Waals surface area contributed by atoms with Crippen LogP contribution in [0.15, 0.2) is 18.2 Å². The first-order chi connectivity index (χ1) is 12.2. The van der Waals surface area contributed by atoms with Gasteiger partial charge in [0.1, 0.15) is 0 Å². The Morgan fingerprint density at radius 3 is 2.08 bits per heavy atom. The van der Waals surface area contributed by atoms with Gasteiger partial charge in [0.05, 0.1) is 41.1 Å². The van der Waals surface area contributed by atoms with Crippen molar-refractivity contribution in [1.29, 1.82) is 0 Å². The largest absolute Gasteiger partial charge is 0.469 e. The minimum atomic E-state index is -0.819. The number of carbonyl (C=O) groups excluding carboxylic acids is 2. The normalized spacial score (nSPS) is 11.5. The molecule has 26 heavy (non-hydrogen) atoms. The Morgan fingerprint density at radius 2 is 1.65 bits per heavy atom. The molecule has 0 spiro atoms. The van der Waals surface area contributed by atoms with Gasteiger partial charge in [0, 0.05) is 32.3 Å². The van der Waals surface area contributed by atoms with Crippen molar-refractivity contribution < 1.29 is 28.9 Å². The molecule has 1 aromatic rings. The first kappa shape index (κ1) is 21.0. The number of nitrogens with zero attached hydrogens (tertiary/aromatic N) is 3. The number of hydrogen-bond acceptors (Lipinski definition) is 8. The van der Waals surface area contributed by atoms with E-state index in [4.69, 9.17) is 4.74 Å². The number of methoxy groups -OCH3 is 2. The highest BCUT2D eigenvalue weighted by Gasteiger charge is 2.26. The fourth-order valence-corrected chi connectivity index (χ4v) is 2.20. The third-order valence-electron chi connectivity index (χ3n) is 3.52.